The average Bonchev–Trinajstić information content (AvgIpc) is 3.05. The number of benzene rings is 1. The number of aromatic nitrogens is 1. The van der Waals surface area contributed by atoms with Crippen molar-refractivity contribution in [2.45, 2.75) is 12.8 Å². The number of carbonyl (C=O) groups excluding carboxylic acids is 1. The summed E-state index contributed by atoms with van der Waals surface area (Å²) in [6.45, 7) is 1.54. The minimum atomic E-state index is -0.936. The summed E-state index contributed by atoms with van der Waals surface area (Å²) in [4.78, 5) is 18.2. The Morgan fingerprint density at radius 3 is 2.59 bits per heavy atom. The van der Waals surface area contributed by atoms with Gasteiger partial charge in [-0.1, -0.05) is 0 Å². The van der Waals surface area contributed by atoms with E-state index < -0.39 is 11.6 Å². The van der Waals surface area contributed by atoms with E-state index in [1.165, 1.54) is 12.3 Å². The van der Waals surface area contributed by atoms with E-state index in [1.807, 2.05) is 0 Å². The zero-order valence-electron chi connectivity index (χ0n) is 11.9. The first kappa shape index (κ1) is 14.4. The van der Waals surface area contributed by atoms with Gasteiger partial charge in [0, 0.05) is 36.6 Å². The average molecular weight is 303 g/mol. The van der Waals surface area contributed by atoms with Gasteiger partial charge in [0.15, 0.2) is 11.6 Å². The molecule has 0 aliphatic carbocycles. The SMILES string of the molecule is O=C(c1ccnc(Nc2ccc(F)c(F)c2)c1)N1CCCC1. The fraction of sp³-hybridized carbons (Fsp3) is 0.250. The van der Waals surface area contributed by atoms with Crippen LogP contribution in [0.5, 0.6) is 0 Å². The van der Waals surface area contributed by atoms with E-state index in [9.17, 15) is 13.6 Å². The van der Waals surface area contributed by atoms with Crippen molar-refractivity contribution in [1.29, 1.82) is 0 Å². The largest absolute Gasteiger partial charge is 0.340 e. The topological polar surface area (TPSA) is 45.2 Å². The minimum absolute atomic E-state index is 0.0340. The van der Waals surface area contributed by atoms with Crippen LogP contribution in [-0.2, 0) is 0 Å². The van der Waals surface area contributed by atoms with Crippen LogP contribution in [-0.4, -0.2) is 28.9 Å². The molecule has 1 N–H and O–H groups in total. The van der Waals surface area contributed by atoms with Crippen LogP contribution in [0.15, 0.2) is 36.5 Å². The summed E-state index contributed by atoms with van der Waals surface area (Å²) in [5, 5.41) is 2.87. The van der Waals surface area contributed by atoms with E-state index in [2.05, 4.69) is 10.3 Å². The van der Waals surface area contributed by atoms with Gasteiger partial charge in [0.2, 0.25) is 0 Å². The molecule has 2 heterocycles. The number of likely N-dealkylation sites (tertiary alicyclic amines) is 1. The molecule has 0 radical (unpaired) electrons. The lowest BCUT2D eigenvalue weighted by Gasteiger charge is -2.15. The molecule has 0 saturated carbocycles. The van der Waals surface area contributed by atoms with Gasteiger partial charge in [-0.3, -0.25) is 4.79 Å². The second-order valence-electron chi connectivity index (χ2n) is 5.18. The number of carbonyl (C=O) groups is 1. The lowest BCUT2D eigenvalue weighted by Crippen LogP contribution is -2.27. The monoisotopic (exact) mass is 303 g/mol. The minimum Gasteiger partial charge on any atom is -0.340 e. The number of hydrogen-bond donors (Lipinski definition) is 1. The summed E-state index contributed by atoms with van der Waals surface area (Å²) in [5.41, 5.74) is 0.902. The van der Waals surface area contributed by atoms with E-state index in [0.717, 1.165) is 38.1 Å². The Labute approximate surface area is 126 Å². The van der Waals surface area contributed by atoms with Gasteiger partial charge < -0.3 is 10.2 Å². The molecule has 22 heavy (non-hydrogen) atoms. The van der Waals surface area contributed by atoms with Gasteiger partial charge in [-0.2, -0.15) is 0 Å². The number of anilines is 2. The van der Waals surface area contributed by atoms with Gasteiger partial charge in [0.25, 0.3) is 5.91 Å². The summed E-state index contributed by atoms with van der Waals surface area (Å²) in [6, 6.07) is 6.76. The molecule has 0 bridgehead atoms. The third kappa shape index (κ3) is 3.05. The normalized spacial score (nSPS) is 14.2. The molecule has 1 aromatic heterocycles. The first-order valence-corrected chi connectivity index (χ1v) is 7.11. The summed E-state index contributed by atoms with van der Waals surface area (Å²) in [5.74, 6) is -1.46. The Morgan fingerprint density at radius 1 is 1.09 bits per heavy atom. The third-order valence-corrected chi connectivity index (χ3v) is 3.59. The summed E-state index contributed by atoms with van der Waals surface area (Å²) in [7, 11) is 0. The van der Waals surface area contributed by atoms with Crippen molar-refractivity contribution in [1.82, 2.24) is 9.88 Å². The number of nitrogens with zero attached hydrogens (tertiary/aromatic N) is 2. The van der Waals surface area contributed by atoms with Crippen LogP contribution in [0.25, 0.3) is 0 Å². The number of rotatable bonds is 3. The predicted octanol–water partition coefficient (Wildman–Crippen LogP) is 3.34. The maximum atomic E-state index is 13.2. The Bertz CT molecular complexity index is 700. The first-order valence-electron chi connectivity index (χ1n) is 7.11. The van der Waals surface area contributed by atoms with Gasteiger partial charge >= 0.3 is 0 Å². The molecule has 4 nitrogen and oxygen atoms in total. The predicted molar refractivity (Wildman–Crippen MR) is 79.0 cm³/mol. The molecule has 1 saturated heterocycles. The van der Waals surface area contributed by atoms with Crippen LogP contribution in [0.2, 0.25) is 0 Å². The maximum Gasteiger partial charge on any atom is 0.254 e. The number of amides is 1. The Balaban J connectivity index is 1.78. The second kappa shape index (κ2) is 6.09. The number of pyridine rings is 1. The quantitative estimate of drug-likeness (QED) is 0.946. The second-order valence-corrected chi connectivity index (χ2v) is 5.18. The van der Waals surface area contributed by atoms with E-state index in [4.69, 9.17) is 0 Å². The molecule has 1 aliphatic heterocycles. The highest BCUT2D eigenvalue weighted by atomic mass is 19.2. The highest BCUT2D eigenvalue weighted by Gasteiger charge is 2.19. The van der Waals surface area contributed by atoms with Crippen molar-refractivity contribution in [2.24, 2.45) is 0 Å². The van der Waals surface area contributed by atoms with Crippen molar-refractivity contribution in [3.8, 4) is 0 Å². The van der Waals surface area contributed by atoms with Crippen molar-refractivity contribution < 1.29 is 13.6 Å². The highest BCUT2D eigenvalue weighted by Crippen LogP contribution is 2.19. The third-order valence-electron chi connectivity index (χ3n) is 3.59. The zero-order valence-corrected chi connectivity index (χ0v) is 11.9. The Morgan fingerprint density at radius 2 is 1.86 bits per heavy atom. The molecule has 0 unspecified atom stereocenters. The molecule has 114 valence electrons. The number of nitrogens with one attached hydrogen (secondary N) is 1. The van der Waals surface area contributed by atoms with E-state index in [1.54, 1.807) is 17.0 Å². The molecular formula is C16H15F2N3O. The van der Waals surface area contributed by atoms with Gasteiger partial charge in [0.05, 0.1) is 0 Å². The molecule has 1 aliphatic rings. The van der Waals surface area contributed by atoms with E-state index in [-0.39, 0.29) is 5.91 Å². The molecule has 2 aromatic rings. The van der Waals surface area contributed by atoms with Crippen molar-refractivity contribution in [3.63, 3.8) is 0 Å². The van der Waals surface area contributed by atoms with Crippen molar-refractivity contribution in [3.05, 3.63) is 53.7 Å². The van der Waals surface area contributed by atoms with Crippen molar-refractivity contribution >= 4 is 17.4 Å². The van der Waals surface area contributed by atoms with E-state index in [0.29, 0.717) is 17.1 Å². The smallest absolute Gasteiger partial charge is 0.254 e. The maximum absolute atomic E-state index is 13.2. The standard InChI is InChI=1S/C16H15F2N3O/c17-13-4-3-12(10-14(13)18)20-15-9-11(5-6-19-15)16(22)21-7-1-2-8-21/h3-6,9-10H,1-2,7-8H2,(H,19,20). The number of hydrogen-bond acceptors (Lipinski definition) is 3. The van der Waals surface area contributed by atoms with Crippen LogP contribution in [0.3, 0.4) is 0 Å². The molecule has 0 atom stereocenters. The van der Waals surface area contributed by atoms with Crippen LogP contribution in [0.4, 0.5) is 20.3 Å². The van der Waals surface area contributed by atoms with Gasteiger partial charge in [0.1, 0.15) is 5.82 Å². The molecule has 1 fully saturated rings. The number of halogens is 2. The molecule has 6 heteroatoms. The lowest BCUT2D eigenvalue weighted by molar-refractivity contribution is 0.0793. The first-order chi connectivity index (χ1) is 10.6. The fourth-order valence-electron chi connectivity index (χ4n) is 2.46. The van der Waals surface area contributed by atoms with Crippen LogP contribution in [0.1, 0.15) is 23.2 Å². The Kier molecular flexibility index (Phi) is 4.00. The molecule has 1 amide bonds. The van der Waals surface area contributed by atoms with E-state index >= 15 is 0 Å². The van der Waals surface area contributed by atoms with Gasteiger partial charge in [-0.05, 0) is 37.1 Å². The highest BCUT2D eigenvalue weighted by molar-refractivity contribution is 5.95. The van der Waals surface area contributed by atoms with Crippen molar-refractivity contribution in [2.75, 3.05) is 18.4 Å². The Hall–Kier alpha value is -2.50. The molecular weight excluding hydrogens is 288 g/mol. The van der Waals surface area contributed by atoms with Gasteiger partial charge in [-0.25, -0.2) is 13.8 Å². The summed E-state index contributed by atoms with van der Waals surface area (Å²) < 4.78 is 26.1. The zero-order chi connectivity index (χ0) is 15.5. The van der Waals surface area contributed by atoms with Gasteiger partial charge in [-0.15, -0.1) is 0 Å². The summed E-state index contributed by atoms with van der Waals surface area (Å²) in [6.07, 6.45) is 3.57. The van der Waals surface area contributed by atoms with Crippen LogP contribution < -0.4 is 5.32 Å². The van der Waals surface area contributed by atoms with Crippen LogP contribution in [0, 0.1) is 11.6 Å². The summed E-state index contributed by atoms with van der Waals surface area (Å²) >= 11 is 0. The molecule has 0 spiro atoms. The molecule has 3 rings (SSSR count). The fourth-order valence-corrected chi connectivity index (χ4v) is 2.46. The molecule has 1 aromatic carbocycles. The van der Waals surface area contributed by atoms with Crippen LogP contribution >= 0.6 is 0 Å². The lowest BCUT2D eigenvalue weighted by atomic mass is 10.2.